The van der Waals surface area contributed by atoms with Gasteiger partial charge in [0.05, 0.1) is 18.2 Å². The van der Waals surface area contributed by atoms with Crippen LogP contribution in [-0.4, -0.2) is 69.5 Å². The highest BCUT2D eigenvalue weighted by Gasteiger charge is 2.55. The number of pyridine rings is 2. The molecule has 0 unspecified atom stereocenters. The molecule has 4 heterocycles. The lowest BCUT2D eigenvalue weighted by molar-refractivity contribution is -0.158. The normalized spacial score (nSPS) is 25.3. The average Bonchev–Trinajstić information content (AvgIpc) is 3.97. The smallest absolute Gasteiger partial charge is 0.257 e. The molecule has 51 heavy (non-hydrogen) atoms. The van der Waals surface area contributed by atoms with Gasteiger partial charge in [0.15, 0.2) is 5.65 Å². The van der Waals surface area contributed by atoms with Crippen LogP contribution in [0.2, 0.25) is 0 Å². The van der Waals surface area contributed by atoms with Crippen molar-refractivity contribution >= 4 is 46.0 Å². The summed E-state index contributed by atoms with van der Waals surface area (Å²) < 4.78 is 7.26. The second-order valence-corrected chi connectivity index (χ2v) is 15.6. The number of nitrogens with one attached hydrogen (secondary N) is 2. The second-order valence-electron chi connectivity index (χ2n) is 15.6. The number of benzene rings is 1. The van der Waals surface area contributed by atoms with E-state index in [1.54, 1.807) is 25.4 Å². The van der Waals surface area contributed by atoms with E-state index in [-0.39, 0.29) is 28.7 Å². The van der Waals surface area contributed by atoms with Gasteiger partial charge < -0.3 is 25.2 Å². The highest BCUT2D eigenvalue weighted by Crippen LogP contribution is 2.60. The largest absolute Gasteiger partial charge is 0.479 e. The molecule has 1 aromatic carbocycles. The van der Waals surface area contributed by atoms with Crippen molar-refractivity contribution in [3.63, 3.8) is 0 Å². The van der Waals surface area contributed by atoms with Gasteiger partial charge in [0.1, 0.15) is 11.5 Å². The first-order valence-corrected chi connectivity index (χ1v) is 18.4. The van der Waals surface area contributed by atoms with E-state index in [4.69, 9.17) is 14.7 Å². The minimum atomic E-state index is -0.237. The van der Waals surface area contributed by atoms with Crippen LogP contribution in [0.25, 0.3) is 16.7 Å². The zero-order valence-corrected chi connectivity index (χ0v) is 29.2. The first-order chi connectivity index (χ1) is 24.7. The Bertz CT molecular complexity index is 2070. The van der Waals surface area contributed by atoms with Crippen molar-refractivity contribution in [2.24, 2.45) is 29.1 Å². The highest BCUT2D eigenvalue weighted by molar-refractivity contribution is 5.94. The summed E-state index contributed by atoms with van der Waals surface area (Å²) in [6.07, 6.45) is 10.8. The number of amides is 2. The quantitative estimate of drug-likeness (QED) is 0.248. The van der Waals surface area contributed by atoms with Gasteiger partial charge in [-0.05, 0) is 112 Å². The van der Waals surface area contributed by atoms with Gasteiger partial charge in [-0.1, -0.05) is 6.07 Å². The van der Waals surface area contributed by atoms with E-state index in [9.17, 15) is 14.4 Å². The van der Waals surface area contributed by atoms with Gasteiger partial charge in [0.25, 0.3) is 5.56 Å². The number of piperazine rings is 1. The SMILES string of the molecule is COc1nc(N2CCN(C(=O)C34CC5CC(CC(C5)C3)C4)CC2)ccc1Nc1ncc2c(C)cc(=O)n(-c3cccc(NC(=O)C4CC4)c3)c2n1. The van der Waals surface area contributed by atoms with Crippen LogP contribution in [0, 0.1) is 36.0 Å². The van der Waals surface area contributed by atoms with Crippen molar-refractivity contribution in [3.05, 3.63) is 64.6 Å². The molecule has 2 amide bonds. The molecule has 12 nitrogen and oxygen atoms in total. The fraction of sp³-hybridized carbons (Fsp3) is 0.487. The number of aryl methyl sites for hydroxylation is 1. The van der Waals surface area contributed by atoms with Crippen molar-refractivity contribution in [1.29, 1.82) is 0 Å². The number of hydrogen-bond donors (Lipinski definition) is 2. The standard InChI is InChI=1S/C39H44N8O4/c1-23-14-33(48)47(29-5-3-4-28(18-29)41-35(49)27-6-7-27)34-30(23)22-40-38(44-34)42-31-8-9-32(43-36(31)51-2)45-10-12-46(13-11-45)37(50)39-19-24-15-25(20-39)17-26(16-24)21-39/h3-5,8-9,14,18,22,24-27H,6-7,10-13,15-17,19-21H2,1-2H3,(H,41,49)(H,40,42,44). The van der Waals surface area contributed by atoms with Crippen LogP contribution >= 0.6 is 0 Å². The van der Waals surface area contributed by atoms with Gasteiger partial charge in [-0.15, -0.1) is 0 Å². The maximum absolute atomic E-state index is 13.9. The molecule has 0 radical (unpaired) electrons. The van der Waals surface area contributed by atoms with Gasteiger partial charge >= 0.3 is 0 Å². The van der Waals surface area contributed by atoms with Gasteiger partial charge in [0, 0.05) is 55.4 Å². The fourth-order valence-electron chi connectivity index (χ4n) is 9.70. The zero-order chi connectivity index (χ0) is 34.9. The Morgan fingerprint density at radius 2 is 1.65 bits per heavy atom. The molecule has 0 spiro atoms. The summed E-state index contributed by atoms with van der Waals surface area (Å²) in [6, 6.07) is 12.7. The van der Waals surface area contributed by atoms with Crippen LogP contribution in [0.1, 0.15) is 56.9 Å². The van der Waals surface area contributed by atoms with Crippen LogP contribution in [-0.2, 0) is 9.59 Å². The van der Waals surface area contributed by atoms with E-state index in [1.807, 2.05) is 37.3 Å². The van der Waals surface area contributed by atoms with Crippen molar-refractivity contribution in [2.45, 2.75) is 58.3 Å². The summed E-state index contributed by atoms with van der Waals surface area (Å²) in [7, 11) is 1.58. The number of hydrogen-bond acceptors (Lipinski definition) is 9. The number of carbonyl (C=O) groups is 2. The van der Waals surface area contributed by atoms with E-state index >= 15 is 0 Å². The van der Waals surface area contributed by atoms with Crippen LogP contribution in [0.5, 0.6) is 5.88 Å². The third-order valence-corrected chi connectivity index (χ3v) is 12.0. The average molecular weight is 689 g/mol. The van der Waals surface area contributed by atoms with Crippen LogP contribution in [0.4, 0.5) is 23.1 Å². The summed E-state index contributed by atoms with van der Waals surface area (Å²) in [5.74, 6) is 4.19. The number of rotatable bonds is 8. The highest BCUT2D eigenvalue weighted by atomic mass is 16.5. The first kappa shape index (κ1) is 31.9. The lowest BCUT2D eigenvalue weighted by Gasteiger charge is -2.57. The number of nitrogens with zero attached hydrogens (tertiary/aromatic N) is 6. The second kappa shape index (κ2) is 12.3. The molecule has 10 rings (SSSR count). The molecule has 6 fully saturated rings. The monoisotopic (exact) mass is 688 g/mol. The Morgan fingerprint density at radius 1 is 0.922 bits per heavy atom. The lowest BCUT2D eigenvalue weighted by atomic mass is 9.49. The maximum atomic E-state index is 13.9. The summed E-state index contributed by atoms with van der Waals surface area (Å²) in [5, 5.41) is 6.95. The van der Waals surface area contributed by atoms with Crippen LogP contribution in [0.15, 0.2) is 53.5 Å². The number of fused-ring (bicyclic) bond motifs is 1. The van der Waals surface area contributed by atoms with Crippen LogP contribution < -0.4 is 25.8 Å². The number of aromatic nitrogens is 4. The van der Waals surface area contributed by atoms with Gasteiger partial charge in [-0.3, -0.25) is 19.0 Å². The maximum Gasteiger partial charge on any atom is 0.257 e. The predicted octanol–water partition coefficient (Wildman–Crippen LogP) is 5.45. The first-order valence-electron chi connectivity index (χ1n) is 18.4. The lowest BCUT2D eigenvalue weighted by Crippen LogP contribution is -2.58. The molecule has 5 aliphatic carbocycles. The fourth-order valence-corrected chi connectivity index (χ4v) is 9.70. The van der Waals surface area contributed by atoms with Gasteiger partial charge in [0.2, 0.25) is 23.6 Å². The van der Waals surface area contributed by atoms with Gasteiger partial charge in [-0.25, -0.2) is 4.98 Å². The minimum absolute atomic E-state index is 0.000435. The molecule has 3 aromatic heterocycles. The number of anilines is 4. The summed E-state index contributed by atoms with van der Waals surface area (Å²) in [5.41, 5.74) is 2.66. The topological polar surface area (TPSA) is 135 Å². The molecule has 264 valence electrons. The van der Waals surface area contributed by atoms with Crippen LogP contribution in [0.3, 0.4) is 0 Å². The van der Waals surface area contributed by atoms with E-state index in [0.29, 0.717) is 47.6 Å². The summed E-state index contributed by atoms with van der Waals surface area (Å²) in [4.78, 5) is 58.3. The Hall–Kier alpha value is -5.00. The van der Waals surface area contributed by atoms with E-state index in [1.165, 1.54) is 23.8 Å². The Kier molecular flexibility index (Phi) is 7.73. The number of carbonyl (C=O) groups excluding carboxylic acids is 2. The Labute approximate surface area is 296 Å². The molecule has 0 atom stereocenters. The van der Waals surface area contributed by atoms with E-state index in [2.05, 4.69) is 25.4 Å². The molecule has 1 aliphatic heterocycles. The summed E-state index contributed by atoms with van der Waals surface area (Å²) in [6.45, 7) is 4.70. The number of ether oxygens (including phenoxy) is 1. The Balaban J connectivity index is 0.925. The van der Waals surface area contributed by atoms with Gasteiger partial charge in [-0.2, -0.15) is 9.97 Å². The van der Waals surface area contributed by atoms with E-state index in [0.717, 1.165) is 79.7 Å². The molecule has 1 saturated heterocycles. The van der Waals surface area contributed by atoms with Crippen molar-refractivity contribution in [2.75, 3.05) is 48.8 Å². The minimum Gasteiger partial charge on any atom is -0.479 e. The molecular weight excluding hydrogens is 644 g/mol. The molecule has 4 bridgehead atoms. The van der Waals surface area contributed by atoms with Crippen molar-refractivity contribution < 1.29 is 14.3 Å². The number of methoxy groups -OCH3 is 1. The zero-order valence-electron chi connectivity index (χ0n) is 29.2. The molecular formula is C39H44N8O4. The molecule has 4 aromatic rings. The third kappa shape index (κ3) is 5.88. The molecule has 5 saturated carbocycles. The summed E-state index contributed by atoms with van der Waals surface area (Å²) >= 11 is 0. The molecule has 6 aliphatic rings. The molecule has 12 heteroatoms. The third-order valence-electron chi connectivity index (χ3n) is 12.0. The van der Waals surface area contributed by atoms with Crippen molar-refractivity contribution in [1.82, 2.24) is 24.4 Å². The van der Waals surface area contributed by atoms with E-state index < -0.39 is 0 Å². The Morgan fingerprint density at radius 3 is 2.33 bits per heavy atom. The molecule has 2 N–H and O–H groups in total. The predicted molar refractivity (Wildman–Crippen MR) is 195 cm³/mol. The van der Waals surface area contributed by atoms with Crippen molar-refractivity contribution in [3.8, 4) is 11.6 Å².